The van der Waals surface area contributed by atoms with E-state index in [1.807, 2.05) is 77.4 Å². The minimum Gasteiger partial charge on any atom is -0.497 e. The van der Waals surface area contributed by atoms with Crippen LogP contribution in [0.25, 0.3) is 16.9 Å². The molecular weight excluding hydrogens is 412 g/mol. The Hall–Kier alpha value is -4.39. The largest absolute Gasteiger partial charge is 0.497 e. The first kappa shape index (κ1) is 20.5. The number of para-hydroxylation sites is 2. The lowest BCUT2D eigenvalue weighted by molar-refractivity contribution is 0.414. The van der Waals surface area contributed by atoms with Gasteiger partial charge >= 0.3 is 0 Å². The van der Waals surface area contributed by atoms with E-state index in [-0.39, 0.29) is 0 Å². The van der Waals surface area contributed by atoms with E-state index in [9.17, 15) is 0 Å². The van der Waals surface area contributed by atoms with E-state index in [1.54, 1.807) is 13.4 Å². The summed E-state index contributed by atoms with van der Waals surface area (Å²) in [5.41, 5.74) is 4.60. The summed E-state index contributed by atoms with van der Waals surface area (Å²) in [6.07, 6.45) is 2.63. The van der Waals surface area contributed by atoms with Crippen molar-refractivity contribution in [1.82, 2.24) is 19.5 Å². The molecule has 0 saturated heterocycles. The number of imidazole rings is 1. The predicted octanol–water partition coefficient (Wildman–Crippen LogP) is 5.22. The average molecular weight is 437 g/mol. The Morgan fingerprint density at radius 1 is 0.848 bits per heavy atom. The third-order valence-electron chi connectivity index (χ3n) is 5.33. The number of nitrogens with one attached hydrogen (secondary N) is 2. The molecule has 0 fully saturated rings. The Morgan fingerprint density at radius 2 is 1.58 bits per heavy atom. The van der Waals surface area contributed by atoms with Crippen LogP contribution in [0.3, 0.4) is 0 Å². The zero-order valence-electron chi connectivity index (χ0n) is 18.3. The molecule has 7 nitrogen and oxygen atoms in total. The highest BCUT2D eigenvalue weighted by Gasteiger charge is 2.14. The van der Waals surface area contributed by atoms with Crippen molar-refractivity contribution < 1.29 is 4.74 Å². The van der Waals surface area contributed by atoms with Crippen LogP contribution in [0.5, 0.6) is 5.75 Å². The number of hydrogen-bond acceptors (Lipinski definition) is 6. The summed E-state index contributed by atoms with van der Waals surface area (Å²) in [5.74, 6) is 2.06. The van der Waals surface area contributed by atoms with Crippen LogP contribution in [0, 0.1) is 0 Å². The third kappa shape index (κ3) is 4.62. The molecule has 5 rings (SSSR count). The molecule has 7 heteroatoms. The summed E-state index contributed by atoms with van der Waals surface area (Å²) in [6, 6.07) is 28.0. The van der Waals surface area contributed by atoms with Gasteiger partial charge in [-0.1, -0.05) is 48.5 Å². The molecule has 0 amide bonds. The summed E-state index contributed by atoms with van der Waals surface area (Å²) in [5, 5.41) is 6.77. The quantitative estimate of drug-likeness (QED) is 0.347. The zero-order chi connectivity index (χ0) is 22.5. The maximum absolute atomic E-state index is 5.24. The van der Waals surface area contributed by atoms with Crippen LogP contribution >= 0.6 is 0 Å². The van der Waals surface area contributed by atoms with E-state index in [1.165, 1.54) is 5.56 Å². The van der Waals surface area contributed by atoms with E-state index in [2.05, 4.69) is 27.8 Å². The molecule has 0 spiro atoms. The van der Waals surface area contributed by atoms with Crippen molar-refractivity contribution in [2.45, 2.75) is 6.42 Å². The number of fused-ring (bicyclic) bond motifs is 1. The zero-order valence-corrected chi connectivity index (χ0v) is 18.3. The van der Waals surface area contributed by atoms with Gasteiger partial charge in [-0.2, -0.15) is 9.97 Å². The lowest BCUT2D eigenvalue weighted by Gasteiger charge is -2.11. The van der Waals surface area contributed by atoms with Crippen molar-refractivity contribution in [1.29, 1.82) is 0 Å². The molecule has 2 aromatic heterocycles. The molecule has 0 radical (unpaired) electrons. The molecule has 5 aromatic rings. The molecule has 0 unspecified atom stereocenters. The van der Waals surface area contributed by atoms with Crippen LogP contribution in [0.15, 0.2) is 91.3 Å². The fourth-order valence-corrected chi connectivity index (χ4v) is 3.62. The Bertz CT molecular complexity index is 1330. The van der Waals surface area contributed by atoms with E-state index >= 15 is 0 Å². The Labute approximate surface area is 192 Å². The highest BCUT2D eigenvalue weighted by molar-refractivity contribution is 5.86. The summed E-state index contributed by atoms with van der Waals surface area (Å²) >= 11 is 0. The lowest BCUT2D eigenvalue weighted by atomic mass is 10.1. The van der Waals surface area contributed by atoms with Crippen molar-refractivity contribution in [2.24, 2.45) is 0 Å². The smallest absolute Gasteiger partial charge is 0.231 e. The van der Waals surface area contributed by atoms with Crippen LogP contribution in [-0.4, -0.2) is 33.2 Å². The lowest BCUT2D eigenvalue weighted by Crippen LogP contribution is -2.09. The highest BCUT2D eigenvalue weighted by atomic mass is 16.5. The number of hydrogen-bond donors (Lipinski definition) is 2. The molecule has 3 aromatic carbocycles. The molecule has 2 N–H and O–H groups in total. The first-order valence-electron chi connectivity index (χ1n) is 10.8. The van der Waals surface area contributed by atoms with Gasteiger partial charge in [-0.15, -0.1) is 0 Å². The molecule has 0 atom stereocenters. The average Bonchev–Trinajstić information content (AvgIpc) is 3.30. The van der Waals surface area contributed by atoms with Gasteiger partial charge in [-0.25, -0.2) is 4.98 Å². The van der Waals surface area contributed by atoms with Crippen LogP contribution in [0.1, 0.15) is 5.56 Å². The van der Waals surface area contributed by atoms with Crippen molar-refractivity contribution in [2.75, 3.05) is 24.3 Å². The SMILES string of the molecule is COc1ccc(CCNc2nc(Nc3ccccc3)nc3c2ncn3-c2ccccc2)cc1. The standard InChI is InChI=1S/C26H24N6O/c1-33-22-14-12-19(13-15-22)16-17-27-24-23-25(32(18-28-23)21-10-6-3-7-11-21)31-26(30-24)29-20-8-4-2-5-9-20/h2-15,18H,16-17H2,1H3,(H2,27,29,30,31). The molecular formula is C26H24N6O. The van der Waals surface area contributed by atoms with Crippen LogP contribution in [0.4, 0.5) is 17.5 Å². The van der Waals surface area contributed by atoms with Gasteiger partial charge in [0.2, 0.25) is 5.95 Å². The molecule has 33 heavy (non-hydrogen) atoms. The number of ether oxygens (including phenoxy) is 1. The molecule has 0 aliphatic rings. The first-order valence-corrected chi connectivity index (χ1v) is 10.8. The molecule has 0 saturated carbocycles. The van der Waals surface area contributed by atoms with Gasteiger partial charge in [-0.3, -0.25) is 4.57 Å². The fraction of sp³-hybridized carbons (Fsp3) is 0.115. The first-order chi connectivity index (χ1) is 16.3. The fourth-order valence-electron chi connectivity index (χ4n) is 3.62. The number of nitrogens with zero attached hydrogens (tertiary/aromatic N) is 4. The molecule has 164 valence electrons. The minimum absolute atomic E-state index is 0.512. The second-order valence-corrected chi connectivity index (χ2v) is 7.53. The van der Waals surface area contributed by atoms with Crippen molar-refractivity contribution >= 4 is 28.6 Å². The van der Waals surface area contributed by atoms with Gasteiger partial charge in [-0.05, 0) is 48.4 Å². The summed E-state index contributed by atoms with van der Waals surface area (Å²) < 4.78 is 7.22. The van der Waals surface area contributed by atoms with Crippen molar-refractivity contribution in [3.05, 3.63) is 96.8 Å². The van der Waals surface area contributed by atoms with Gasteiger partial charge < -0.3 is 15.4 Å². The number of anilines is 3. The number of benzene rings is 3. The third-order valence-corrected chi connectivity index (χ3v) is 5.33. The predicted molar refractivity (Wildman–Crippen MR) is 132 cm³/mol. The van der Waals surface area contributed by atoms with Gasteiger partial charge in [0.05, 0.1) is 7.11 Å². The van der Waals surface area contributed by atoms with Crippen LogP contribution < -0.4 is 15.4 Å². The Kier molecular flexibility index (Phi) is 5.84. The van der Waals surface area contributed by atoms with E-state index in [0.29, 0.717) is 18.3 Å². The van der Waals surface area contributed by atoms with Gasteiger partial charge in [0.1, 0.15) is 12.1 Å². The normalized spacial score (nSPS) is 10.8. The second kappa shape index (κ2) is 9.40. The van der Waals surface area contributed by atoms with Gasteiger partial charge in [0.15, 0.2) is 17.0 Å². The Balaban J connectivity index is 1.45. The monoisotopic (exact) mass is 436 g/mol. The van der Waals surface area contributed by atoms with Crippen molar-refractivity contribution in [3.8, 4) is 11.4 Å². The van der Waals surface area contributed by atoms with Crippen LogP contribution in [0.2, 0.25) is 0 Å². The summed E-state index contributed by atoms with van der Waals surface area (Å²) in [6.45, 7) is 0.710. The molecule has 2 heterocycles. The summed E-state index contributed by atoms with van der Waals surface area (Å²) in [4.78, 5) is 14.1. The maximum Gasteiger partial charge on any atom is 0.231 e. The topological polar surface area (TPSA) is 76.9 Å². The van der Waals surface area contributed by atoms with E-state index in [4.69, 9.17) is 14.7 Å². The molecule has 0 aliphatic carbocycles. The number of aromatic nitrogens is 4. The van der Waals surface area contributed by atoms with Gasteiger partial charge in [0, 0.05) is 17.9 Å². The number of methoxy groups -OCH3 is 1. The highest BCUT2D eigenvalue weighted by Crippen LogP contribution is 2.25. The van der Waals surface area contributed by atoms with Crippen LogP contribution in [-0.2, 0) is 6.42 Å². The minimum atomic E-state index is 0.512. The Morgan fingerprint density at radius 3 is 2.30 bits per heavy atom. The number of rotatable bonds is 8. The maximum atomic E-state index is 5.24. The second-order valence-electron chi connectivity index (χ2n) is 7.53. The summed E-state index contributed by atoms with van der Waals surface area (Å²) in [7, 11) is 1.67. The van der Waals surface area contributed by atoms with Crippen molar-refractivity contribution in [3.63, 3.8) is 0 Å². The van der Waals surface area contributed by atoms with E-state index in [0.717, 1.165) is 34.7 Å². The van der Waals surface area contributed by atoms with Gasteiger partial charge in [0.25, 0.3) is 0 Å². The molecule has 0 aliphatic heterocycles. The molecule has 0 bridgehead atoms. The van der Waals surface area contributed by atoms with E-state index < -0.39 is 0 Å².